The molecule has 1 aromatic heterocycles. The van der Waals surface area contributed by atoms with E-state index in [0.29, 0.717) is 29.6 Å². The average Bonchev–Trinajstić information content (AvgIpc) is 3.27. The van der Waals surface area contributed by atoms with Crippen molar-refractivity contribution in [2.45, 2.75) is 25.3 Å². The third kappa shape index (κ3) is 3.66. The van der Waals surface area contributed by atoms with Gasteiger partial charge >= 0.3 is 0 Å². The maximum atomic E-state index is 13.5. The van der Waals surface area contributed by atoms with E-state index in [1.807, 2.05) is 18.2 Å². The molecule has 152 valence electrons. The fourth-order valence-electron chi connectivity index (χ4n) is 4.26. The van der Waals surface area contributed by atoms with E-state index >= 15 is 0 Å². The van der Waals surface area contributed by atoms with Crippen molar-refractivity contribution in [3.05, 3.63) is 77.9 Å². The fraction of sp³-hybridized carbons (Fsp3) is 0.250. The fourth-order valence-corrected chi connectivity index (χ4v) is 4.26. The molecular formula is C24H22FN3O2. The number of halogens is 1. The van der Waals surface area contributed by atoms with Gasteiger partial charge in [-0.2, -0.15) is 4.98 Å². The van der Waals surface area contributed by atoms with Crippen molar-refractivity contribution >= 4 is 10.8 Å². The van der Waals surface area contributed by atoms with Crippen LogP contribution in [0.1, 0.15) is 30.2 Å². The molecule has 0 radical (unpaired) electrons. The van der Waals surface area contributed by atoms with Crippen molar-refractivity contribution in [2.75, 3.05) is 13.1 Å². The Kier molecular flexibility index (Phi) is 4.93. The van der Waals surface area contributed by atoms with E-state index in [-0.39, 0.29) is 11.7 Å². The molecule has 30 heavy (non-hydrogen) atoms. The van der Waals surface area contributed by atoms with E-state index in [1.54, 1.807) is 18.2 Å². The zero-order valence-electron chi connectivity index (χ0n) is 16.5. The van der Waals surface area contributed by atoms with Gasteiger partial charge in [-0.25, -0.2) is 4.39 Å². The number of rotatable bonds is 4. The molecule has 0 bridgehead atoms. The van der Waals surface area contributed by atoms with Crippen LogP contribution < -0.4 is 0 Å². The summed E-state index contributed by atoms with van der Waals surface area (Å²) < 4.78 is 19.0. The Balaban J connectivity index is 1.36. The second-order valence-corrected chi connectivity index (χ2v) is 7.83. The first-order valence-corrected chi connectivity index (χ1v) is 10.2. The van der Waals surface area contributed by atoms with Crippen molar-refractivity contribution < 1.29 is 14.0 Å². The lowest BCUT2D eigenvalue weighted by atomic mass is 9.96. The molecular weight excluding hydrogens is 381 g/mol. The first-order chi connectivity index (χ1) is 14.7. The summed E-state index contributed by atoms with van der Waals surface area (Å²) in [5, 5.41) is 16.7. The molecule has 1 unspecified atom stereocenters. The molecule has 1 fully saturated rings. The zero-order valence-corrected chi connectivity index (χ0v) is 16.5. The smallest absolute Gasteiger partial charge is 0.231 e. The van der Waals surface area contributed by atoms with Crippen LogP contribution in [0.2, 0.25) is 0 Å². The number of benzene rings is 3. The Bertz CT molecular complexity index is 1190. The molecule has 5 nitrogen and oxygen atoms in total. The molecule has 0 aliphatic carbocycles. The number of phenolic OH excluding ortho intramolecular Hbond substituents is 1. The largest absolute Gasteiger partial charge is 0.508 e. The molecule has 1 aliphatic rings. The lowest BCUT2D eigenvalue weighted by Gasteiger charge is -2.31. The zero-order chi connectivity index (χ0) is 20.5. The number of nitrogens with zero attached hydrogens (tertiary/aromatic N) is 3. The van der Waals surface area contributed by atoms with Crippen LogP contribution in [-0.4, -0.2) is 33.2 Å². The topological polar surface area (TPSA) is 62.4 Å². The van der Waals surface area contributed by atoms with Gasteiger partial charge in [-0.15, -0.1) is 0 Å². The number of piperidine rings is 1. The van der Waals surface area contributed by atoms with E-state index in [1.165, 1.54) is 12.1 Å². The molecule has 1 saturated heterocycles. The molecule has 4 aromatic rings. The quantitative estimate of drug-likeness (QED) is 0.513. The highest BCUT2D eigenvalue weighted by atomic mass is 19.1. The van der Waals surface area contributed by atoms with Gasteiger partial charge in [0.2, 0.25) is 11.7 Å². The Morgan fingerprint density at radius 2 is 2.00 bits per heavy atom. The second kappa shape index (κ2) is 7.88. The predicted octanol–water partition coefficient (Wildman–Crippen LogP) is 5.11. The minimum Gasteiger partial charge on any atom is -0.508 e. The van der Waals surface area contributed by atoms with Crippen LogP contribution in [-0.2, 0) is 6.54 Å². The minimum atomic E-state index is -0.322. The van der Waals surface area contributed by atoms with Crippen LogP contribution in [0.5, 0.6) is 5.75 Å². The molecule has 0 saturated carbocycles. The summed E-state index contributed by atoms with van der Waals surface area (Å²) in [5.74, 6) is 1.11. The highest BCUT2D eigenvalue weighted by molar-refractivity contribution is 5.87. The van der Waals surface area contributed by atoms with E-state index in [9.17, 15) is 9.50 Å². The van der Waals surface area contributed by atoms with Gasteiger partial charge in [-0.1, -0.05) is 47.6 Å². The molecule has 0 spiro atoms. The summed E-state index contributed by atoms with van der Waals surface area (Å²) in [7, 11) is 0. The van der Waals surface area contributed by atoms with Crippen LogP contribution in [0.25, 0.3) is 22.2 Å². The number of likely N-dealkylation sites (tertiary alicyclic amines) is 1. The maximum absolute atomic E-state index is 13.5. The van der Waals surface area contributed by atoms with Crippen LogP contribution in [0, 0.1) is 5.82 Å². The first-order valence-electron chi connectivity index (χ1n) is 10.2. The maximum Gasteiger partial charge on any atom is 0.231 e. The lowest BCUT2D eigenvalue weighted by molar-refractivity contribution is 0.179. The molecule has 6 heteroatoms. The molecule has 5 rings (SSSR count). The highest BCUT2D eigenvalue weighted by Gasteiger charge is 2.27. The van der Waals surface area contributed by atoms with E-state index in [0.717, 1.165) is 42.3 Å². The molecule has 1 atom stereocenters. The summed E-state index contributed by atoms with van der Waals surface area (Å²) in [6.45, 7) is 2.38. The van der Waals surface area contributed by atoms with Gasteiger partial charge in [-0.3, -0.25) is 4.90 Å². The lowest BCUT2D eigenvalue weighted by Crippen LogP contribution is -2.34. The van der Waals surface area contributed by atoms with Gasteiger partial charge in [0.15, 0.2) is 0 Å². The van der Waals surface area contributed by atoms with Crippen molar-refractivity contribution in [2.24, 2.45) is 0 Å². The molecule has 2 heterocycles. The molecule has 1 N–H and O–H groups in total. The number of aromatic hydroxyl groups is 1. The van der Waals surface area contributed by atoms with Gasteiger partial charge in [0, 0.05) is 24.2 Å². The van der Waals surface area contributed by atoms with Crippen molar-refractivity contribution in [3.63, 3.8) is 0 Å². The Hall–Kier alpha value is -3.25. The van der Waals surface area contributed by atoms with E-state index in [2.05, 4.69) is 27.2 Å². The number of hydrogen-bond acceptors (Lipinski definition) is 5. The number of fused-ring (bicyclic) bond motifs is 1. The summed E-state index contributed by atoms with van der Waals surface area (Å²) in [6, 6.07) is 18.0. The Morgan fingerprint density at radius 1 is 1.10 bits per heavy atom. The van der Waals surface area contributed by atoms with Crippen LogP contribution in [0.4, 0.5) is 4.39 Å². The average molecular weight is 403 g/mol. The summed E-state index contributed by atoms with van der Waals surface area (Å²) in [4.78, 5) is 6.85. The predicted molar refractivity (Wildman–Crippen MR) is 113 cm³/mol. The van der Waals surface area contributed by atoms with Gasteiger partial charge in [0.05, 0.1) is 5.92 Å². The van der Waals surface area contributed by atoms with Crippen molar-refractivity contribution in [3.8, 4) is 17.1 Å². The van der Waals surface area contributed by atoms with Crippen molar-refractivity contribution in [1.82, 2.24) is 15.0 Å². The number of hydrogen-bond donors (Lipinski definition) is 1. The standard InChI is InChI=1S/C24H22FN3O2/c25-19-8-3-6-17(13-19)23-26-24(30-27-23)18-7-4-12-28(14-18)15-21-20-9-2-1-5-16(20)10-11-22(21)29/h1-3,5-6,8-11,13,18,29H,4,7,12,14-15H2. The van der Waals surface area contributed by atoms with Gasteiger partial charge < -0.3 is 9.63 Å². The van der Waals surface area contributed by atoms with Crippen LogP contribution in [0.3, 0.4) is 0 Å². The van der Waals surface area contributed by atoms with E-state index < -0.39 is 0 Å². The third-order valence-electron chi connectivity index (χ3n) is 5.78. The number of phenols is 1. The first kappa shape index (κ1) is 18.8. The second-order valence-electron chi connectivity index (χ2n) is 7.83. The van der Waals surface area contributed by atoms with Crippen LogP contribution in [0.15, 0.2) is 65.2 Å². The molecule has 1 aliphatic heterocycles. The Labute approximate surface area is 173 Å². The number of aromatic nitrogens is 2. The Morgan fingerprint density at radius 3 is 2.90 bits per heavy atom. The molecule has 3 aromatic carbocycles. The van der Waals surface area contributed by atoms with Gasteiger partial charge in [0.25, 0.3) is 0 Å². The van der Waals surface area contributed by atoms with E-state index in [4.69, 9.17) is 4.52 Å². The summed E-state index contributed by atoms with van der Waals surface area (Å²) in [5.41, 5.74) is 1.55. The monoisotopic (exact) mass is 403 g/mol. The van der Waals surface area contributed by atoms with Gasteiger partial charge in [-0.05, 0) is 48.4 Å². The van der Waals surface area contributed by atoms with Crippen molar-refractivity contribution in [1.29, 1.82) is 0 Å². The highest BCUT2D eigenvalue weighted by Crippen LogP contribution is 2.32. The molecule has 0 amide bonds. The van der Waals surface area contributed by atoms with Gasteiger partial charge in [0.1, 0.15) is 11.6 Å². The summed E-state index contributed by atoms with van der Waals surface area (Å²) in [6.07, 6.45) is 1.97. The SMILES string of the molecule is Oc1ccc2ccccc2c1CN1CCCC(c2nc(-c3cccc(F)c3)no2)C1. The third-order valence-corrected chi connectivity index (χ3v) is 5.78. The summed E-state index contributed by atoms with van der Waals surface area (Å²) >= 11 is 0. The minimum absolute atomic E-state index is 0.116. The van der Waals surface area contributed by atoms with Crippen LogP contribution >= 0.6 is 0 Å². The normalized spacial score (nSPS) is 17.4.